The van der Waals surface area contributed by atoms with Gasteiger partial charge in [0.1, 0.15) is 17.1 Å². The fourth-order valence-corrected chi connectivity index (χ4v) is 2.99. The highest BCUT2D eigenvalue weighted by Gasteiger charge is 2.27. The molecular weight excluding hydrogens is 308 g/mol. The van der Waals surface area contributed by atoms with Gasteiger partial charge in [0.25, 0.3) is 0 Å². The fourth-order valence-electron chi connectivity index (χ4n) is 2.99. The van der Waals surface area contributed by atoms with E-state index in [4.69, 9.17) is 9.47 Å². The van der Waals surface area contributed by atoms with E-state index in [0.717, 1.165) is 17.9 Å². The molecule has 25 heavy (non-hydrogen) atoms. The van der Waals surface area contributed by atoms with Crippen molar-refractivity contribution in [2.45, 2.75) is 72.0 Å². The molecule has 0 aliphatic heterocycles. The van der Waals surface area contributed by atoms with Crippen LogP contribution in [0.15, 0.2) is 48.5 Å². The third kappa shape index (κ3) is 5.01. The SMILES string of the molecule is CCC(C)(c1ccc(OC(C)C)cc1)c1ccc(OC(C)(C)C)cc1. The van der Waals surface area contributed by atoms with Crippen LogP contribution in [0.2, 0.25) is 0 Å². The van der Waals surface area contributed by atoms with Crippen molar-refractivity contribution in [3.63, 3.8) is 0 Å². The summed E-state index contributed by atoms with van der Waals surface area (Å²) < 4.78 is 11.7. The Bertz CT molecular complexity index is 663. The molecule has 136 valence electrons. The smallest absolute Gasteiger partial charge is 0.120 e. The predicted octanol–water partition coefficient (Wildman–Crippen LogP) is 6.37. The van der Waals surface area contributed by atoms with Crippen molar-refractivity contribution in [3.05, 3.63) is 59.7 Å². The second-order valence-corrected chi connectivity index (χ2v) is 8.12. The van der Waals surface area contributed by atoms with E-state index in [1.807, 2.05) is 13.8 Å². The van der Waals surface area contributed by atoms with Gasteiger partial charge in [0.15, 0.2) is 0 Å². The van der Waals surface area contributed by atoms with Crippen LogP contribution in [0.5, 0.6) is 11.5 Å². The maximum Gasteiger partial charge on any atom is 0.120 e. The Balaban J connectivity index is 2.27. The molecule has 0 spiro atoms. The minimum absolute atomic E-state index is 0.0311. The molecule has 0 N–H and O–H groups in total. The van der Waals surface area contributed by atoms with E-state index in [-0.39, 0.29) is 17.1 Å². The van der Waals surface area contributed by atoms with Crippen LogP contribution in [0.3, 0.4) is 0 Å². The van der Waals surface area contributed by atoms with Crippen molar-refractivity contribution in [2.24, 2.45) is 0 Å². The molecule has 0 saturated heterocycles. The topological polar surface area (TPSA) is 18.5 Å². The molecule has 0 heterocycles. The van der Waals surface area contributed by atoms with E-state index < -0.39 is 0 Å². The molecule has 2 aromatic carbocycles. The first-order chi connectivity index (χ1) is 11.6. The second kappa shape index (κ2) is 7.51. The van der Waals surface area contributed by atoms with Crippen LogP contribution in [-0.2, 0) is 5.41 Å². The largest absolute Gasteiger partial charge is 0.491 e. The number of ether oxygens (including phenoxy) is 2. The molecule has 0 fully saturated rings. The fraction of sp³-hybridized carbons (Fsp3) is 0.478. The lowest BCUT2D eigenvalue weighted by atomic mass is 9.74. The van der Waals surface area contributed by atoms with Gasteiger partial charge in [0.2, 0.25) is 0 Å². The van der Waals surface area contributed by atoms with Crippen molar-refractivity contribution in [3.8, 4) is 11.5 Å². The summed E-state index contributed by atoms with van der Waals surface area (Å²) in [5.41, 5.74) is 2.39. The van der Waals surface area contributed by atoms with Crippen molar-refractivity contribution in [1.29, 1.82) is 0 Å². The van der Waals surface area contributed by atoms with Crippen molar-refractivity contribution in [2.75, 3.05) is 0 Å². The summed E-state index contributed by atoms with van der Waals surface area (Å²) in [7, 11) is 0. The van der Waals surface area contributed by atoms with Gasteiger partial charge in [0, 0.05) is 5.41 Å². The molecule has 1 atom stereocenters. The van der Waals surface area contributed by atoms with Gasteiger partial charge in [-0.1, -0.05) is 38.1 Å². The summed E-state index contributed by atoms with van der Waals surface area (Å²) in [6, 6.07) is 17.0. The lowest BCUT2D eigenvalue weighted by Crippen LogP contribution is -2.24. The number of hydrogen-bond acceptors (Lipinski definition) is 2. The molecule has 2 rings (SSSR count). The van der Waals surface area contributed by atoms with Crippen molar-refractivity contribution >= 4 is 0 Å². The van der Waals surface area contributed by atoms with Gasteiger partial charge in [-0.25, -0.2) is 0 Å². The van der Waals surface area contributed by atoms with Gasteiger partial charge in [-0.2, -0.15) is 0 Å². The molecule has 0 bridgehead atoms. The van der Waals surface area contributed by atoms with Crippen LogP contribution >= 0.6 is 0 Å². The Hall–Kier alpha value is -1.96. The van der Waals surface area contributed by atoms with Gasteiger partial charge in [0.05, 0.1) is 6.10 Å². The standard InChI is InChI=1S/C23H32O2/c1-8-23(7,18-9-13-20(14-10-18)24-17(2)3)19-11-15-21(16-12-19)25-22(4,5)6/h9-17H,8H2,1-7H3. The molecule has 2 nitrogen and oxygen atoms in total. The Labute approximate surface area is 153 Å². The first-order valence-electron chi connectivity index (χ1n) is 9.21. The predicted molar refractivity (Wildman–Crippen MR) is 106 cm³/mol. The van der Waals surface area contributed by atoms with Gasteiger partial charge in [-0.3, -0.25) is 0 Å². The number of benzene rings is 2. The number of hydrogen-bond donors (Lipinski definition) is 0. The van der Waals surface area contributed by atoms with E-state index in [2.05, 4.69) is 83.1 Å². The van der Waals surface area contributed by atoms with E-state index in [0.29, 0.717) is 0 Å². The molecule has 2 aromatic rings. The molecule has 0 amide bonds. The van der Waals surface area contributed by atoms with Crippen molar-refractivity contribution in [1.82, 2.24) is 0 Å². The highest BCUT2D eigenvalue weighted by atomic mass is 16.5. The zero-order chi connectivity index (χ0) is 18.7. The third-order valence-corrected chi connectivity index (χ3v) is 4.49. The van der Waals surface area contributed by atoms with Crippen LogP contribution in [-0.4, -0.2) is 11.7 Å². The van der Waals surface area contributed by atoms with Crippen LogP contribution in [0.1, 0.15) is 66.0 Å². The summed E-state index contributed by atoms with van der Waals surface area (Å²) in [6.45, 7) is 14.8. The van der Waals surface area contributed by atoms with Crippen LogP contribution < -0.4 is 9.47 Å². The Morgan fingerprint density at radius 3 is 1.56 bits per heavy atom. The zero-order valence-electron chi connectivity index (χ0n) is 16.7. The molecule has 0 saturated carbocycles. The molecular formula is C23H32O2. The van der Waals surface area contributed by atoms with Gasteiger partial charge in [-0.15, -0.1) is 0 Å². The van der Waals surface area contributed by atoms with Gasteiger partial charge in [-0.05, 0) is 76.4 Å². The van der Waals surface area contributed by atoms with E-state index in [9.17, 15) is 0 Å². The molecule has 2 heteroatoms. The van der Waals surface area contributed by atoms with E-state index >= 15 is 0 Å². The van der Waals surface area contributed by atoms with Crippen LogP contribution in [0.4, 0.5) is 0 Å². The van der Waals surface area contributed by atoms with Crippen LogP contribution in [0, 0.1) is 0 Å². The number of rotatable bonds is 6. The van der Waals surface area contributed by atoms with Gasteiger partial charge >= 0.3 is 0 Å². The van der Waals surface area contributed by atoms with E-state index in [1.165, 1.54) is 11.1 Å². The molecule has 0 aliphatic carbocycles. The quantitative estimate of drug-likeness (QED) is 0.608. The lowest BCUT2D eigenvalue weighted by Gasteiger charge is -2.30. The summed E-state index contributed by atoms with van der Waals surface area (Å²) in [5, 5.41) is 0. The van der Waals surface area contributed by atoms with E-state index in [1.54, 1.807) is 0 Å². The lowest BCUT2D eigenvalue weighted by molar-refractivity contribution is 0.131. The highest BCUT2D eigenvalue weighted by Crippen LogP contribution is 2.37. The maximum absolute atomic E-state index is 5.94. The highest BCUT2D eigenvalue weighted by molar-refractivity contribution is 5.42. The van der Waals surface area contributed by atoms with Crippen LogP contribution in [0.25, 0.3) is 0 Å². The average Bonchev–Trinajstić information content (AvgIpc) is 2.53. The summed E-state index contributed by atoms with van der Waals surface area (Å²) in [4.78, 5) is 0. The molecule has 0 aliphatic rings. The first-order valence-corrected chi connectivity index (χ1v) is 9.21. The zero-order valence-corrected chi connectivity index (χ0v) is 16.7. The second-order valence-electron chi connectivity index (χ2n) is 8.12. The molecule has 0 aromatic heterocycles. The van der Waals surface area contributed by atoms with Crippen molar-refractivity contribution < 1.29 is 9.47 Å². The maximum atomic E-state index is 5.94. The monoisotopic (exact) mass is 340 g/mol. The first kappa shape index (κ1) is 19.4. The molecule has 0 radical (unpaired) electrons. The normalized spacial score (nSPS) is 14.2. The summed E-state index contributed by atoms with van der Waals surface area (Å²) in [6.07, 6.45) is 1.22. The Kier molecular flexibility index (Phi) is 5.82. The minimum atomic E-state index is -0.179. The summed E-state index contributed by atoms with van der Waals surface area (Å²) >= 11 is 0. The summed E-state index contributed by atoms with van der Waals surface area (Å²) in [5.74, 6) is 1.83. The average molecular weight is 341 g/mol. The minimum Gasteiger partial charge on any atom is -0.491 e. The molecule has 1 unspecified atom stereocenters. The Morgan fingerprint density at radius 2 is 1.20 bits per heavy atom. The Morgan fingerprint density at radius 1 is 0.760 bits per heavy atom. The third-order valence-electron chi connectivity index (χ3n) is 4.49. The van der Waals surface area contributed by atoms with Gasteiger partial charge < -0.3 is 9.47 Å².